The van der Waals surface area contributed by atoms with E-state index in [9.17, 15) is 0 Å². The summed E-state index contributed by atoms with van der Waals surface area (Å²) in [6.45, 7) is 11.1. The maximum atomic E-state index is 6.39. The molecule has 2 N–H and O–H groups in total. The lowest BCUT2D eigenvalue weighted by Gasteiger charge is -2.40. The molecule has 7 heteroatoms. The number of hydrogen-bond donors (Lipinski definition) is 1. The van der Waals surface area contributed by atoms with E-state index in [1.807, 2.05) is 13.1 Å². The lowest BCUT2D eigenvalue weighted by molar-refractivity contribution is 0.252. The van der Waals surface area contributed by atoms with Crippen LogP contribution < -0.4 is 10.7 Å². The van der Waals surface area contributed by atoms with Gasteiger partial charge in [-0.15, -0.1) is 0 Å². The van der Waals surface area contributed by atoms with Crippen LogP contribution in [-0.4, -0.2) is 45.4 Å². The molecule has 0 unspecified atom stereocenters. The van der Waals surface area contributed by atoms with Crippen LogP contribution in [0.4, 0.5) is 0 Å². The first-order valence-electron chi connectivity index (χ1n) is 9.83. The predicted octanol–water partition coefficient (Wildman–Crippen LogP) is 2.41. The van der Waals surface area contributed by atoms with Crippen molar-refractivity contribution in [3.63, 3.8) is 0 Å². The molecule has 0 aromatic carbocycles. The molecule has 0 saturated heterocycles. The molecular formula is C20H29N7. The van der Waals surface area contributed by atoms with E-state index >= 15 is 0 Å². The maximum absolute atomic E-state index is 6.39. The Morgan fingerprint density at radius 3 is 2.74 bits per heavy atom. The SMILES string of the molecule is CCCc1nc(C)cn1N1C=C2C=NC3=C(N(CCC)CC(C)=C3N)N2C1. The molecular weight excluding hydrogens is 338 g/mol. The van der Waals surface area contributed by atoms with Gasteiger partial charge in [0, 0.05) is 31.9 Å². The number of fused-ring (bicyclic) bond motifs is 2. The van der Waals surface area contributed by atoms with Crippen LogP contribution in [0.3, 0.4) is 0 Å². The Balaban J connectivity index is 1.70. The molecule has 0 bridgehead atoms. The molecule has 1 aromatic rings. The summed E-state index contributed by atoms with van der Waals surface area (Å²) in [5.74, 6) is 2.23. The third-order valence-corrected chi connectivity index (χ3v) is 5.24. The summed E-state index contributed by atoms with van der Waals surface area (Å²) in [5.41, 5.74) is 11.4. The average Bonchev–Trinajstić information content (AvgIpc) is 3.22. The highest BCUT2D eigenvalue weighted by Gasteiger charge is 2.35. The number of hydrogen-bond acceptors (Lipinski definition) is 6. The van der Waals surface area contributed by atoms with E-state index < -0.39 is 0 Å². The van der Waals surface area contributed by atoms with Gasteiger partial charge in [0.1, 0.15) is 24.0 Å². The van der Waals surface area contributed by atoms with Crippen LogP contribution in [-0.2, 0) is 6.42 Å². The van der Waals surface area contributed by atoms with Gasteiger partial charge in [0.25, 0.3) is 0 Å². The van der Waals surface area contributed by atoms with Gasteiger partial charge >= 0.3 is 0 Å². The molecule has 0 saturated carbocycles. The minimum absolute atomic E-state index is 0.735. The third kappa shape index (κ3) is 2.91. The van der Waals surface area contributed by atoms with E-state index in [-0.39, 0.29) is 0 Å². The van der Waals surface area contributed by atoms with Gasteiger partial charge in [-0.05, 0) is 32.3 Å². The highest BCUT2D eigenvalue weighted by molar-refractivity contribution is 5.83. The van der Waals surface area contributed by atoms with Crippen molar-refractivity contribution in [3.8, 4) is 0 Å². The van der Waals surface area contributed by atoms with Crippen molar-refractivity contribution in [2.24, 2.45) is 10.7 Å². The lowest BCUT2D eigenvalue weighted by atomic mass is 10.1. The summed E-state index contributed by atoms with van der Waals surface area (Å²) in [7, 11) is 0. The van der Waals surface area contributed by atoms with Gasteiger partial charge in [0.15, 0.2) is 0 Å². The number of aromatic nitrogens is 2. The summed E-state index contributed by atoms with van der Waals surface area (Å²) in [6.07, 6.45) is 9.32. The van der Waals surface area contributed by atoms with Gasteiger partial charge in [-0.2, -0.15) is 0 Å². The quantitative estimate of drug-likeness (QED) is 0.866. The van der Waals surface area contributed by atoms with Gasteiger partial charge < -0.3 is 15.5 Å². The molecule has 3 aliphatic rings. The van der Waals surface area contributed by atoms with Crippen molar-refractivity contribution < 1.29 is 0 Å². The molecule has 0 spiro atoms. The van der Waals surface area contributed by atoms with Crippen LogP contribution in [0.15, 0.2) is 45.9 Å². The van der Waals surface area contributed by atoms with Crippen molar-refractivity contribution in [3.05, 3.63) is 52.4 Å². The number of rotatable bonds is 5. The van der Waals surface area contributed by atoms with Crippen molar-refractivity contribution >= 4 is 6.21 Å². The molecule has 144 valence electrons. The van der Waals surface area contributed by atoms with E-state index in [0.717, 1.165) is 73.5 Å². The molecule has 0 radical (unpaired) electrons. The third-order valence-electron chi connectivity index (χ3n) is 5.24. The van der Waals surface area contributed by atoms with Crippen molar-refractivity contribution in [1.82, 2.24) is 19.5 Å². The van der Waals surface area contributed by atoms with Gasteiger partial charge in [-0.25, -0.2) is 14.7 Å². The zero-order valence-corrected chi connectivity index (χ0v) is 16.7. The van der Waals surface area contributed by atoms with Crippen molar-refractivity contribution in [2.45, 2.75) is 47.0 Å². The van der Waals surface area contributed by atoms with Crippen LogP contribution in [0.5, 0.6) is 0 Å². The first kappa shape index (κ1) is 17.7. The second kappa shape index (κ2) is 6.79. The maximum Gasteiger partial charge on any atom is 0.139 e. The zero-order chi connectivity index (χ0) is 19.1. The molecule has 0 aliphatic carbocycles. The number of aryl methyl sites for hydroxylation is 2. The fourth-order valence-electron chi connectivity index (χ4n) is 3.99. The minimum atomic E-state index is 0.735. The summed E-state index contributed by atoms with van der Waals surface area (Å²) in [5, 5.41) is 2.22. The van der Waals surface area contributed by atoms with Crippen molar-refractivity contribution in [2.75, 3.05) is 24.8 Å². The van der Waals surface area contributed by atoms with Crippen LogP contribution in [0, 0.1) is 6.92 Å². The van der Waals surface area contributed by atoms with E-state index in [0.29, 0.717) is 0 Å². The predicted molar refractivity (Wildman–Crippen MR) is 108 cm³/mol. The Hall–Kier alpha value is -2.70. The number of nitrogens with two attached hydrogens (primary N) is 1. The molecule has 27 heavy (non-hydrogen) atoms. The summed E-state index contributed by atoms with van der Waals surface area (Å²) in [4.78, 5) is 14.1. The van der Waals surface area contributed by atoms with E-state index in [4.69, 9.17) is 15.7 Å². The van der Waals surface area contributed by atoms with Crippen LogP contribution in [0.1, 0.15) is 45.1 Å². The summed E-state index contributed by atoms with van der Waals surface area (Å²) in [6, 6.07) is 0. The Morgan fingerprint density at radius 1 is 1.19 bits per heavy atom. The topological polar surface area (TPSA) is 65.9 Å². The first-order chi connectivity index (χ1) is 13.0. The summed E-state index contributed by atoms with van der Waals surface area (Å²) < 4.78 is 2.18. The molecule has 1 aromatic heterocycles. The number of allylic oxidation sites excluding steroid dienone is 1. The zero-order valence-electron chi connectivity index (χ0n) is 16.7. The Morgan fingerprint density at radius 2 is 2.00 bits per heavy atom. The van der Waals surface area contributed by atoms with Crippen LogP contribution >= 0.6 is 0 Å². The average molecular weight is 368 g/mol. The largest absolute Gasteiger partial charge is 0.397 e. The van der Waals surface area contributed by atoms with Crippen molar-refractivity contribution in [1.29, 1.82) is 0 Å². The van der Waals surface area contributed by atoms with Gasteiger partial charge in [-0.3, -0.25) is 5.01 Å². The standard InChI is InChI=1S/C20H29N7/c1-5-7-17-23-15(4)11-27(17)25-12-16-9-22-19-18(21)14(3)10-24(8-6-2)20(19)26(16)13-25/h9,11-12H,5-8,10,13,21H2,1-4H3. The van der Waals surface area contributed by atoms with Gasteiger partial charge in [0.05, 0.1) is 23.3 Å². The molecule has 0 atom stereocenters. The Bertz CT molecular complexity index is 871. The second-order valence-corrected chi connectivity index (χ2v) is 7.50. The number of aliphatic imine (C=N–C) groups is 1. The highest BCUT2D eigenvalue weighted by atomic mass is 15.6. The normalized spacial score (nSPS) is 19.1. The Labute approximate surface area is 161 Å². The van der Waals surface area contributed by atoms with Gasteiger partial charge in [0.2, 0.25) is 0 Å². The second-order valence-electron chi connectivity index (χ2n) is 7.50. The van der Waals surface area contributed by atoms with E-state index in [2.05, 4.69) is 52.7 Å². The molecule has 0 amide bonds. The Kier molecular flexibility index (Phi) is 4.45. The monoisotopic (exact) mass is 367 g/mol. The summed E-state index contributed by atoms with van der Waals surface area (Å²) >= 11 is 0. The smallest absolute Gasteiger partial charge is 0.139 e. The van der Waals surface area contributed by atoms with Crippen LogP contribution in [0.25, 0.3) is 0 Å². The molecule has 4 heterocycles. The first-order valence-corrected chi connectivity index (χ1v) is 9.83. The van der Waals surface area contributed by atoms with E-state index in [1.54, 1.807) is 0 Å². The highest BCUT2D eigenvalue weighted by Crippen LogP contribution is 2.35. The number of imidazole rings is 1. The number of nitrogens with zero attached hydrogens (tertiary/aromatic N) is 6. The molecule has 4 rings (SSSR count). The lowest BCUT2D eigenvalue weighted by Crippen LogP contribution is -2.44. The molecule has 0 fully saturated rings. The fraction of sp³-hybridized carbons (Fsp3) is 0.500. The molecule has 7 nitrogen and oxygen atoms in total. The van der Waals surface area contributed by atoms with E-state index in [1.165, 1.54) is 5.57 Å². The fourth-order valence-corrected chi connectivity index (χ4v) is 3.99. The van der Waals surface area contributed by atoms with Crippen LogP contribution in [0.2, 0.25) is 0 Å². The molecule has 3 aliphatic heterocycles. The minimum Gasteiger partial charge on any atom is -0.397 e. The van der Waals surface area contributed by atoms with Gasteiger partial charge in [-0.1, -0.05) is 13.8 Å².